The molecule has 0 atom stereocenters. The maximum Gasteiger partial charge on any atom is 0.359 e. The van der Waals surface area contributed by atoms with Crippen LogP contribution < -0.4 is 4.90 Å². The van der Waals surface area contributed by atoms with Crippen LogP contribution in [0.15, 0.2) is 36.7 Å². The van der Waals surface area contributed by atoms with Crippen LogP contribution in [0.2, 0.25) is 5.02 Å². The molecule has 1 fully saturated rings. The van der Waals surface area contributed by atoms with Gasteiger partial charge in [0.15, 0.2) is 12.3 Å². The van der Waals surface area contributed by atoms with E-state index in [9.17, 15) is 9.59 Å². The lowest BCUT2D eigenvalue weighted by atomic mass is 10.2. The number of para-hydroxylation sites is 1. The molecule has 8 heteroatoms. The van der Waals surface area contributed by atoms with Gasteiger partial charge in [-0.1, -0.05) is 23.7 Å². The van der Waals surface area contributed by atoms with Gasteiger partial charge in [0.2, 0.25) is 0 Å². The zero-order valence-corrected chi connectivity index (χ0v) is 15.1. The molecule has 1 aromatic carbocycles. The smallest absolute Gasteiger partial charge is 0.359 e. The molecule has 0 saturated carbocycles. The van der Waals surface area contributed by atoms with Crippen LogP contribution >= 0.6 is 11.6 Å². The number of aromatic nitrogens is 2. The molecule has 1 amide bonds. The van der Waals surface area contributed by atoms with Gasteiger partial charge in [-0.15, -0.1) is 0 Å². The highest BCUT2D eigenvalue weighted by molar-refractivity contribution is 6.33. The number of hydrogen-bond acceptors (Lipinski definition) is 6. The van der Waals surface area contributed by atoms with Gasteiger partial charge in [-0.25, -0.2) is 9.78 Å². The predicted molar refractivity (Wildman–Crippen MR) is 97.3 cm³/mol. The molecule has 0 radical (unpaired) electrons. The molecule has 1 aliphatic rings. The van der Waals surface area contributed by atoms with E-state index in [1.807, 2.05) is 24.3 Å². The second-order valence-electron chi connectivity index (χ2n) is 5.94. The van der Waals surface area contributed by atoms with E-state index in [0.717, 1.165) is 5.69 Å². The Balaban J connectivity index is 1.48. The first-order valence-electron chi connectivity index (χ1n) is 8.27. The van der Waals surface area contributed by atoms with Gasteiger partial charge >= 0.3 is 5.97 Å². The fraction of sp³-hybridized carbons (Fsp3) is 0.333. The Labute approximate surface area is 156 Å². The molecule has 0 aliphatic carbocycles. The van der Waals surface area contributed by atoms with Crippen molar-refractivity contribution in [2.45, 2.75) is 6.92 Å². The number of carbonyl (C=O) groups is 2. The lowest BCUT2D eigenvalue weighted by Gasteiger charge is -2.36. The van der Waals surface area contributed by atoms with Crippen molar-refractivity contribution >= 4 is 29.2 Å². The Morgan fingerprint density at radius 1 is 1.12 bits per heavy atom. The minimum Gasteiger partial charge on any atom is -0.451 e. The molecule has 7 nitrogen and oxygen atoms in total. The quantitative estimate of drug-likeness (QED) is 0.761. The molecule has 1 aliphatic heterocycles. The number of nitrogens with zero attached hydrogens (tertiary/aromatic N) is 4. The normalized spacial score (nSPS) is 14.2. The number of halogens is 1. The van der Waals surface area contributed by atoms with E-state index in [-0.39, 0.29) is 18.2 Å². The van der Waals surface area contributed by atoms with Gasteiger partial charge < -0.3 is 14.5 Å². The lowest BCUT2D eigenvalue weighted by Crippen LogP contribution is -2.50. The molecule has 0 N–H and O–H groups in total. The first kappa shape index (κ1) is 18.1. The van der Waals surface area contributed by atoms with Gasteiger partial charge in [0.05, 0.1) is 22.6 Å². The molecular weight excluding hydrogens is 356 g/mol. The van der Waals surface area contributed by atoms with Crippen LogP contribution in [-0.2, 0) is 9.53 Å². The summed E-state index contributed by atoms with van der Waals surface area (Å²) < 4.78 is 5.05. The Morgan fingerprint density at radius 3 is 2.50 bits per heavy atom. The standard InChI is InChI=1S/C18H19ClN4O3/c1-13-10-21-15(11-20-13)18(25)26-12-17(24)23-8-6-22(7-9-23)16-5-3-2-4-14(16)19/h2-5,10-11H,6-9,12H2,1H3. The third kappa shape index (κ3) is 4.29. The monoisotopic (exact) mass is 374 g/mol. The second kappa shape index (κ2) is 8.14. The van der Waals surface area contributed by atoms with E-state index in [1.165, 1.54) is 12.4 Å². The number of hydrogen-bond donors (Lipinski definition) is 0. The van der Waals surface area contributed by atoms with Gasteiger partial charge in [-0.3, -0.25) is 9.78 Å². The van der Waals surface area contributed by atoms with Gasteiger partial charge in [-0.05, 0) is 19.1 Å². The summed E-state index contributed by atoms with van der Waals surface area (Å²) in [6.07, 6.45) is 2.82. The van der Waals surface area contributed by atoms with Gasteiger partial charge in [0, 0.05) is 32.4 Å². The predicted octanol–water partition coefficient (Wildman–Crippen LogP) is 1.94. The van der Waals surface area contributed by atoms with Crippen LogP contribution in [0.3, 0.4) is 0 Å². The number of ether oxygens (including phenoxy) is 1. The minimum atomic E-state index is -0.652. The summed E-state index contributed by atoms with van der Waals surface area (Å²) in [5, 5.41) is 0.695. The van der Waals surface area contributed by atoms with Gasteiger partial charge in [0.1, 0.15) is 0 Å². The van der Waals surface area contributed by atoms with Crippen molar-refractivity contribution in [3.8, 4) is 0 Å². The second-order valence-corrected chi connectivity index (χ2v) is 6.35. The highest BCUT2D eigenvalue weighted by Crippen LogP contribution is 2.25. The fourth-order valence-corrected chi connectivity index (χ4v) is 2.95. The third-order valence-electron chi connectivity index (χ3n) is 4.14. The van der Waals surface area contributed by atoms with Crippen LogP contribution in [0, 0.1) is 6.92 Å². The summed E-state index contributed by atoms with van der Waals surface area (Å²) in [7, 11) is 0. The maximum atomic E-state index is 12.3. The number of piperazine rings is 1. The summed E-state index contributed by atoms with van der Waals surface area (Å²) in [5.41, 5.74) is 1.76. The van der Waals surface area contributed by atoms with Crippen molar-refractivity contribution in [2.75, 3.05) is 37.7 Å². The molecule has 1 aromatic heterocycles. The van der Waals surface area contributed by atoms with Crippen molar-refractivity contribution < 1.29 is 14.3 Å². The highest BCUT2D eigenvalue weighted by Gasteiger charge is 2.23. The van der Waals surface area contributed by atoms with E-state index < -0.39 is 5.97 Å². The summed E-state index contributed by atoms with van der Waals surface area (Å²) >= 11 is 6.22. The Hall–Kier alpha value is -2.67. The number of aryl methyl sites for hydroxylation is 1. The summed E-state index contributed by atoms with van der Waals surface area (Å²) in [6.45, 7) is 3.91. The number of amides is 1. The molecular formula is C18H19ClN4O3. The van der Waals surface area contributed by atoms with E-state index in [4.69, 9.17) is 16.3 Å². The van der Waals surface area contributed by atoms with Crippen molar-refractivity contribution in [2.24, 2.45) is 0 Å². The van der Waals surface area contributed by atoms with Crippen molar-refractivity contribution in [1.82, 2.24) is 14.9 Å². The molecule has 0 bridgehead atoms. The number of carbonyl (C=O) groups excluding carboxylic acids is 2. The fourth-order valence-electron chi connectivity index (χ4n) is 2.70. The van der Waals surface area contributed by atoms with E-state index in [0.29, 0.717) is 36.9 Å². The maximum absolute atomic E-state index is 12.3. The van der Waals surface area contributed by atoms with E-state index in [1.54, 1.807) is 11.8 Å². The largest absolute Gasteiger partial charge is 0.451 e. The van der Waals surface area contributed by atoms with Crippen molar-refractivity contribution in [3.63, 3.8) is 0 Å². The average molecular weight is 375 g/mol. The zero-order valence-electron chi connectivity index (χ0n) is 14.4. The first-order valence-corrected chi connectivity index (χ1v) is 8.65. The molecule has 0 unspecified atom stereocenters. The van der Waals surface area contributed by atoms with E-state index in [2.05, 4.69) is 14.9 Å². The van der Waals surface area contributed by atoms with Crippen LogP contribution in [0.5, 0.6) is 0 Å². The van der Waals surface area contributed by atoms with Crippen molar-refractivity contribution in [1.29, 1.82) is 0 Å². The average Bonchev–Trinajstić information content (AvgIpc) is 2.67. The Morgan fingerprint density at radius 2 is 1.85 bits per heavy atom. The lowest BCUT2D eigenvalue weighted by molar-refractivity contribution is -0.134. The van der Waals surface area contributed by atoms with Crippen LogP contribution in [0.4, 0.5) is 5.69 Å². The molecule has 2 aromatic rings. The molecule has 136 valence electrons. The number of esters is 1. The first-order chi connectivity index (χ1) is 12.5. The van der Waals surface area contributed by atoms with Crippen LogP contribution in [-0.4, -0.2) is 59.5 Å². The zero-order chi connectivity index (χ0) is 18.5. The van der Waals surface area contributed by atoms with Gasteiger partial charge in [0.25, 0.3) is 5.91 Å². The van der Waals surface area contributed by atoms with E-state index >= 15 is 0 Å². The summed E-state index contributed by atoms with van der Waals surface area (Å²) in [4.78, 5) is 35.9. The summed E-state index contributed by atoms with van der Waals surface area (Å²) in [5.74, 6) is -0.877. The van der Waals surface area contributed by atoms with Crippen LogP contribution in [0.1, 0.15) is 16.2 Å². The Kier molecular flexibility index (Phi) is 5.68. The number of anilines is 1. The Bertz CT molecular complexity index is 789. The SMILES string of the molecule is Cc1cnc(C(=O)OCC(=O)N2CCN(c3ccccc3Cl)CC2)cn1. The number of rotatable bonds is 4. The minimum absolute atomic E-state index is 0.0898. The summed E-state index contributed by atoms with van der Waals surface area (Å²) in [6, 6.07) is 7.64. The van der Waals surface area contributed by atoms with Crippen molar-refractivity contribution in [3.05, 3.63) is 53.1 Å². The molecule has 2 heterocycles. The third-order valence-corrected chi connectivity index (χ3v) is 4.46. The molecule has 1 saturated heterocycles. The van der Waals surface area contributed by atoms with Crippen LogP contribution in [0.25, 0.3) is 0 Å². The topological polar surface area (TPSA) is 75.6 Å². The van der Waals surface area contributed by atoms with Gasteiger partial charge in [-0.2, -0.15) is 0 Å². The number of benzene rings is 1. The molecule has 26 heavy (non-hydrogen) atoms. The highest BCUT2D eigenvalue weighted by atomic mass is 35.5. The molecule has 0 spiro atoms. The molecule has 3 rings (SSSR count).